The lowest BCUT2D eigenvalue weighted by Crippen LogP contribution is -2.41. The van der Waals surface area contributed by atoms with E-state index in [9.17, 15) is 14.4 Å². The maximum Gasteiger partial charge on any atom is 0.415 e. The van der Waals surface area contributed by atoms with E-state index in [0.29, 0.717) is 35.7 Å². The van der Waals surface area contributed by atoms with Crippen molar-refractivity contribution < 1.29 is 29.3 Å². The summed E-state index contributed by atoms with van der Waals surface area (Å²) in [5, 5.41) is 24.0. The predicted molar refractivity (Wildman–Crippen MR) is 128 cm³/mol. The highest BCUT2D eigenvalue weighted by Crippen LogP contribution is 2.29. The van der Waals surface area contributed by atoms with Crippen molar-refractivity contribution in [3.63, 3.8) is 0 Å². The van der Waals surface area contributed by atoms with Gasteiger partial charge in [-0.25, -0.2) is 14.4 Å². The van der Waals surface area contributed by atoms with Crippen molar-refractivity contribution in [2.75, 3.05) is 20.1 Å². The third kappa shape index (κ3) is 8.04. The molecule has 0 aromatic heterocycles. The van der Waals surface area contributed by atoms with Gasteiger partial charge in [0.15, 0.2) is 0 Å². The van der Waals surface area contributed by atoms with Gasteiger partial charge in [-0.05, 0) is 62.7 Å². The second kappa shape index (κ2) is 12.4. The lowest BCUT2D eigenvalue weighted by Gasteiger charge is -2.25. The number of carboxylic acids is 2. The van der Waals surface area contributed by atoms with E-state index in [1.807, 2.05) is 35.2 Å². The molecule has 4 rings (SSSR count). The Labute approximate surface area is 203 Å². The molecule has 2 bridgehead atoms. The fourth-order valence-corrected chi connectivity index (χ4v) is 3.97. The van der Waals surface area contributed by atoms with Gasteiger partial charge in [-0.1, -0.05) is 18.2 Å². The minimum atomic E-state index is -1.26. The lowest BCUT2D eigenvalue weighted by molar-refractivity contribution is -0.134. The lowest BCUT2D eigenvalue weighted by atomic mass is 10.1. The van der Waals surface area contributed by atoms with E-state index < -0.39 is 11.9 Å². The molecule has 0 aliphatic carbocycles. The highest BCUT2D eigenvalue weighted by atomic mass is 16.6. The summed E-state index contributed by atoms with van der Waals surface area (Å²) >= 11 is 0. The highest BCUT2D eigenvalue weighted by Gasteiger charge is 2.36. The van der Waals surface area contributed by atoms with Crippen LogP contribution in [0.15, 0.2) is 77.0 Å². The fourth-order valence-electron chi connectivity index (χ4n) is 3.97. The van der Waals surface area contributed by atoms with Gasteiger partial charge in [-0.15, -0.1) is 0 Å². The molecule has 2 unspecified atom stereocenters. The van der Waals surface area contributed by atoms with Crippen LogP contribution in [0, 0.1) is 0 Å². The molecule has 10 nitrogen and oxygen atoms in total. The van der Waals surface area contributed by atoms with E-state index >= 15 is 0 Å². The van der Waals surface area contributed by atoms with Crippen molar-refractivity contribution in [3.05, 3.63) is 66.7 Å². The number of hydrogen-bond acceptors (Lipinski definition) is 7. The van der Waals surface area contributed by atoms with E-state index in [-0.39, 0.29) is 6.09 Å². The minimum absolute atomic E-state index is 0.269. The van der Waals surface area contributed by atoms with Gasteiger partial charge in [0.05, 0.1) is 11.4 Å². The van der Waals surface area contributed by atoms with Gasteiger partial charge in [0.25, 0.3) is 0 Å². The molecule has 0 spiro atoms. The maximum absolute atomic E-state index is 12.5. The van der Waals surface area contributed by atoms with Gasteiger partial charge in [0.1, 0.15) is 5.75 Å². The monoisotopic (exact) mass is 480 g/mol. The normalized spacial score (nSPS) is 19.7. The van der Waals surface area contributed by atoms with Gasteiger partial charge >= 0.3 is 18.0 Å². The van der Waals surface area contributed by atoms with Gasteiger partial charge in [-0.2, -0.15) is 10.2 Å². The van der Waals surface area contributed by atoms with Gasteiger partial charge in [0, 0.05) is 37.3 Å². The zero-order chi connectivity index (χ0) is 25.2. The molecule has 2 aromatic carbocycles. The van der Waals surface area contributed by atoms with Gasteiger partial charge in [-0.3, -0.25) is 4.90 Å². The first-order valence-corrected chi connectivity index (χ1v) is 11.2. The Bertz CT molecular complexity index is 1060. The number of ether oxygens (including phenoxy) is 1. The smallest absolute Gasteiger partial charge is 0.415 e. The number of nitrogens with zero attached hydrogens (tertiary/aromatic N) is 4. The summed E-state index contributed by atoms with van der Waals surface area (Å²) in [6.07, 6.45) is 4.26. The molecule has 2 aliphatic heterocycles. The largest absolute Gasteiger partial charge is 0.478 e. The number of carbonyl (C=O) groups is 3. The predicted octanol–water partition coefficient (Wildman–Crippen LogP) is 4.48. The third-order valence-corrected chi connectivity index (χ3v) is 5.85. The Morgan fingerprint density at radius 3 is 2.03 bits per heavy atom. The summed E-state index contributed by atoms with van der Waals surface area (Å²) in [4.78, 5) is 35.9. The first kappa shape index (κ1) is 25.6. The van der Waals surface area contributed by atoms with E-state index in [4.69, 9.17) is 14.9 Å². The maximum atomic E-state index is 12.5. The van der Waals surface area contributed by atoms with Crippen molar-refractivity contribution in [1.82, 2.24) is 9.80 Å². The molecule has 2 heterocycles. The number of hydrogen-bond donors (Lipinski definition) is 2. The summed E-state index contributed by atoms with van der Waals surface area (Å²) < 4.78 is 5.57. The second-order valence-corrected chi connectivity index (χ2v) is 8.19. The van der Waals surface area contributed by atoms with Crippen LogP contribution in [-0.4, -0.2) is 70.3 Å². The molecule has 184 valence electrons. The molecule has 10 heteroatoms. The first-order valence-electron chi connectivity index (χ1n) is 11.2. The molecule has 2 fully saturated rings. The average Bonchev–Trinajstić information content (AvgIpc) is 3.09. The molecule has 0 saturated carbocycles. The number of rotatable bonds is 5. The summed E-state index contributed by atoms with van der Waals surface area (Å²) in [7, 11) is 2.17. The van der Waals surface area contributed by atoms with Crippen LogP contribution in [-0.2, 0) is 9.59 Å². The molecule has 2 saturated heterocycles. The zero-order valence-corrected chi connectivity index (χ0v) is 19.4. The Kier molecular flexibility index (Phi) is 9.08. The summed E-state index contributed by atoms with van der Waals surface area (Å²) in [6.45, 7) is 1.50. The van der Waals surface area contributed by atoms with Crippen LogP contribution >= 0.6 is 0 Å². The third-order valence-electron chi connectivity index (χ3n) is 5.85. The van der Waals surface area contributed by atoms with Crippen molar-refractivity contribution in [3.8, 4) is 5.75 Å². The van der Waals surface area contributed by atoms with E-state index in [1.54, 1.807) is 24.3 Å². The molecule has 1 amide bonds. The van der Waals surface area contributed by atoms with Gasteiger partial charge in [0.2, 0.25) is 0 Å². The van der Waals surface area contributed by atoms with Gasteiger partial charge < -0.3 is 19.8 Å². The molecule has 35 heavy (non-hydrogen) atoms. The van der Waals surface area contributed by atoms with Crippen LogP contribution in [0.25, 0.3) is 0 Å². The van der Waals surface area contributed by atoms with Crippen molar-refractivity contribution in [2.45, 2.75) is 31.3 Å². The Morgan fingerprint density at radius 2 is 1.43 bits per heavy atom. The number of likely N-dealkylation sites (N-methyl/N-ethyl adjacent to an activating group) is 1. The topological polar surface area (TPSA) is 132 Å². The number of azo groups is 1. The molecule has 0 radical (unpaired) electrons. The fraction of sp³-hybridized carbons (Fsp3) is 0.320. The minimum Gasteiger partial charge on any atom is -0.478 e. The number of carboxylic acid groups (broad SMARTS) is 2. The molecular weight excluding hydrogens is 452 g/mol. The number of amides is 1. The standard InChI is InChI=1S/C21H24N4O2.C4H4O4/c1-24-18-9-10-19(24)15-25(14-13-18)21(26)27-20-11-7-17(8-12-20)23-22-16-5-3-2-4-6-16;5-3(6)1-2-4(7)8/h2-8,11-12,18-19H,9-10,13-15H2,1H3;1-2H,(H,5,6)(H,7,8)/b;2-1+. The number of aliphatic carboxylic acids is 2. The summed E-state index contributed by atoms with van der Waals surface area (Å²) in [5.74, 6) is -1.98. The molecule has 2 aromatic rings. The van der Waals surface area contributed by atoms with E-state index in [2.05, 4.69) is 22.2 Å². The van der Waals surface area contributed by atoms with Crippen molar-refractivity contribution >= 4 is 29.4 Å². The van der Waals surface area contributed by atoms with Crippen molar-refractivity contribution in [1.29, 1.82) is 0 Å². The van der Waals surface area contributed by atoms with Crippen LogP contribution in [0.5, 0.6) is 5.75 Å². The van der Waals surface area contributed by atoms with Crippen LogP contribution in [0.1, 0.15) is 19.3 Å². The first-order chi connectivity index (χ1) is 16.8. The average molecular weight is 481 g/mol. The Balaban J connectivity index is 0.000000371. The van der Waals surface area contributed by atoms with Crippen LogP contribution in [0.3, 0.4) is 0 Å². The van der Waals surface area contributed by atoms with Crippen LogP contribution < -0.4 is 4.74 Å². The Hall–Kier alpha value is -4.05. The number of fused-ring (bicyclic) bond motifs is 2. The molecule has 2 N–H and O–H groups in total. The summed E-state index contributed by atoms with van der Waals surface area (Å²) in [5.41, 5.74) is 1.51. The van der Waals surface area contributed by atoms with E-state index in [1.165, 1.54) is 6.42 Å². The quantitative estimate of drug-likeness (QED) is 0.476. The number of benzene rings is 2. The summed E-state index contributed by atoms with van der Waals surface area (Å²) in [6, 6.07) is 17.7. The zero-order valence-electron chi connectivity index (χ0n) is 19.4. The highest BCUT2D eigenvalue weighted by molar-refractivity contribution is 5.89. The molecule has 2 atom stereocenters. The number of carbonyl (C=O) groups excluding carboxylic acids is 1. The van der Waals surface area contributed by atoms with Crippen LogP contribution in [0.4, 0.5) is 16.2 Å². The van der Waals surface area contributed by atoms with Crippen molar-refractivity contribution in [2.24, 2.45) is 10.2 Å². The number of likely N-dealkylation sites (tertiary alicyclic amines) is 1. The Morgan fingerprint density at radius 1 is 0.857 bits per heavy atom. The SMILES string of the molecule is CN1C2CCC1CN(C(=O)Oc1ccc(N=Nc3ccccc3)cc1)CC2.O=C(O)/C=C/C(=O)O. The van der Waals surface area contributed by atoms with Crippen LogP contribution in [0.2, 0.25) is 0 Å². The molecule has 2 aliphatic rings. The van der Waals surface area contributed by atoms with E-state index in [0.717, 1.165) is 31.6 Å². The molecular formula is C25H28N4O6. The second-order valence-electron chi connectivity index (χ2n) is 8.19.